The van der Waals surface area contributed by atoms with E-state index in [0.29, 0.717) is 17.9 Å². The minimum Gasteiger partial charge on any atom is -0.440 e. The number of nitrogens with one attached hydrogen (secondary N) is 1. The van der Waals surface area contributed by atoms with Gasteiger partial charge in [0.1, 0.15) is 15.4 Å². The highest BCUT2D eigenvalue weighted by Crippen LogP contribution is 2.55. The fourth-order valence-electron chi connectivity index (χ4n) is 4.68. The molecule has 1 aromatic carbocycles. The molecule has 1 saturated heterocycles. The summed E-state index contributed by atoms with van der Waals surface area (Å²) in [7, 11) is -2.96. The molecule has 0 unspecified atom stereocenters. The quantitative estimate of drug-likeness (QED) is 0.753. The van der Waals surface area contributed by atoms with Crippen molar-refractivity contribution in [3.8, 4) is 11.8 Å². The highest BCUT2D eigenvalue weighted by molar-refractivity contribution is 7.91. The summed E-state index contributed by atoms with van der Waals surface area (Å²) in [5.41, 5.74) is 1.42. The van der Waals surface area contributed by atoms with E-state index in [9.17, 15) is 13.2 Å². The molecule has 1 aromatic heterocycles. The molecule has 3 aliphatic rings. The number of hydrogen-bond acceptors (Lipinski definition) is 5. The second kappa shape index (κ2) is 6.75. The largest absolute Gasteiger partial charge is 0.440 e. The Labute approximate surface area is 174 Å². The van der Waals surface area contributed by atoms with E-state index in [0.717, 1.165) is 36.3 Å². The number of carbonyl (C=O) groups is 1. The molecular weight excluding hydrogens is 412 g/mol. The van der Waals surface area contributed by atoms with Gasteiger partial charge < -0.3 is 9.73 Å². The van der Waals surface area contributed by atoms with Crippen molar-refractivity contribution in [2.75, 3.05) is 11.5 Å². The molecule has 1 aliphatic heterocycles. The number of sulfone groups is 1. The zero-order valence-corrected chi connectivity index (χ0v) is 17.4. The van der Waals surface area contributed by atoms with E-state index in [1.54, 1.807) is 12.1 Å². The number of halogens is 1. The third kappa shape index (κ3) is 3.64. The number of fused-ring (bicyclic) bond motifs is 1. The third-order valence-corrected chi connectivity index (χ3v) is 8.29. The number of benzene rings is 1. The summed E-state index contributed by atoms with van der Waals surface area (Å²) < 4.78 is 29.0. The molecule has 1 spiro atoms. The van der Waals surface area contributed by atoms with Crippen LogP contribution in [0.1, 0.15) is 43.9 Å². The van der Waals surface area contributed by atoms with Crippen LogP contribution in [-0.4, -0.2) is 36.9 Å². The Morgan fingerprint density at radius 3 is 2.76 bits per heavy atom. The number of aromatic nitrogens is 1. The predicted molar refractivity (Wildman–Crippen MR) is 109 cm³/mol. The molecule has 2 heterocycles. The van der Waals surface area contributed by atoms with E-state index in [1.807, 2.05) is 6.07 Å². The van der Waals surface area contributed by atoms with Crippen molar-refractivity contribution in [3.63, 3.8) is 0 Å². The Bertz CT molecular complexity index is 1140. The zero-order chi connectivity index (χ0) is 20.2. The molecule has 152 valence electrons. The molecule has 1 N–H and O–H groups in total. The maximum atomic E-state index is 12.5. The zero-order valence-electron chi connectivity index (χ0n) is 15.8. The first-order valence-electron chi connectivity index (χ1n) is 9.90. The first-order valence-corrected chi connectivity index (χ1v) is 12.1. The van der Waals surface area contributed by atoms with Crippen LogP contribution in [0.3, 0.4) is 0 Å². The standard InChI is InChI=1S/C21H21ClN2O4S/c22-15-1-2-18-17(9-15)24-20(28-18)14-10-21(11-14)6-3-16(12-21)23-19(25)13-4-7-29(26,27)8-5-13/h1-2,9,13-14,16H,4-5,7-8,10-12H2,(H,23,25)/t14?,16-,21?/m0/s1. The van der Waals surface area contributed by atoms with Crippen LogP contribution in [-0.2, 0) is 14.6 Å². The van der Waals surface area contributed by atoms with Gasteiger partial charge in [-0.15, -0.1) is 0 Å². The summed E-state index contributed by atoms with van der Waals surface area (Å²) in [6, 6.07) is 5.26. The molecule has 6 nitrogen and oxygen atoms in total. The number of carbonyl (C=O) groups excluding carboxylic acids is 1. The van der Waals surface area contributed by atoms with Crippen LogP contribution in [0, 0.1) is 23.2 Å². The first-order chi connectivity index (χ1) is 13.8. The van der Waals surface area contributed by atoms with Crippen LogP contribution >= 0.6 is 11.6 Å². The Hall–Kier alpha value is -2.04. The minimum atomic E-state index is -2.96. The summed E-state index contributed by atoms with van der Waals surface area (Å²) in [5.74, 6) is 7.37. The highest BCUT2D eigenvalue weighted by atomic mass is 35.5. The topological polar surface area (TPSA) is 89.3 Å². The Morgan fingerprint density at radius 1 is 1.24 bits per heavy atom. The molecule has 5 rings (SSSR count). The lowest BCUT2D eigenvalue weighted by molar-refractivity contribution is -0.125. The Balaban J connectivity index is 1.17. The minimum absolute atomic E-state index is 0.0667. The molecule has 1 amide bonds. The molecular formula is C21H21ClN2O4S. The lowest BCUT2D eigenvalue weighted by Crippen LogP contribution is -2.43. The van der Waals surface area contributed by atoms with Crippen LogP contribution in [0.25, 0.3) is 11.1 Å². The number of rotatable bonds is 3. The average Bonchev–Trinajstić information content (AvgIpc) is 3.24. The SMILES string of the molecule is O=C(N[C@H]1C#CC2(CC(c3nc4cc(Cl)ccc4o3)C2)C1)C1CCS(=O)(=O)CC1. The van der Waals surface area contributed by atoms with Crippen molar-refractivity contribution in [3.05, 3.63) is 29.1 Å². The van der Waals surface area contributed by atoms with E-state index in [1.165, 1.54) is 0 Å². The van der Waals surface area contributed by atoms with Crippen molar-refractivity contribution in [2.24, 2.45) is 11.3 Å². The lowest BCUT2D eigenvalue weighted by Gasteiger charge is -2.41. The second-order valence-corrected chi connectivity index (χ2v) is 11.3. The maximum absolute atomic E-state index is 12.5. The van der Waals surface area contributed by atoms with Gasteiger partial charge in [0.2, 0.25) is 5.91 Å². The average molecular weight is 433 g/mol. The van der Waals surface area contributed by atoms with Crippen molar-refractivity contribution in [1.82, 2.24) is 10.3 Å². The second-order valence-electron chi connectivity index (χ2n) is 8.51. The molecule has 29 heavy (non-hydrogen) atoms. The van der Waals surface area contributed by atoms with Crippen LogP contribution in [0.15, 0.2) is 22.6 Å². The monoisotopic (exact) mass is 432 g/mol. The summed E-state index contributed by atoms with van der Waals surface area (Å²) in [4.78, 5) is 17.1. The number of oxazole rings is 1. The van der Waals surface area contributed by atoms with Gasteiger partial charge in [0.15, 0.2) is 11.5 Å². The van der Waals surface area contributed by atoms with E-state index in [-0.39, 0.29) is 40.7 Å². The molecule has 1 atom stereocenters. The Kier molecular flexibility index (Phi) is 4.41. The van der Waals surface area contributed by atoms with Gasteiger partial charge >= 0.3 is 0 Å². The fourth-order valence-corrected chi connectivity index (χ4v) is 6.34. The van der Waals surface area contributed by atoms with Crippen molar-refractivity contribution in [1.29, 1.82) is 0 Å². The van der Waals surface area contributed by atoms with Gasteiger partial charge in [0.25, 0.3) is 0 Å². The third-order valence-electron chi connectivity index (χ3n) is 6.34. The van der Waals surface area contributed by atoms with Crippen LogP contribution in [0.2, 0.25) is 5.02 Å². The van der Waals surface area contributed by atoms with E-state index < -0.39 is 9.84 Å². The van der Waals surface area contributed by atoms with E-state index >= 15 is 0 Å². The number of nitrogens with zero attached hydrogens (tertiary/aromatic N) is 1. The summed E-state index contributed by atoms with van der Waals surface area (Å²) >= 11 is 6.02. The maximum Gasteiger partial charge on any atom is 0.224 e. The highest BCUT2D eigenvalue weighted by Gasteiger charge is 2.49. The fraction of sp³-hybridized carbons (Fsp3) is 0.524. The van der Waals surface area contributed by atoms with Crippen molar-refractivity contribution in [2.45, 2.75) is 44.1 Å². The van der Waals surface area contributed by atoms with Crippen LogP contribution < -0.4 is 5.32 Å². The van der Waals surface area contributed by atoms with Gasteiger partial charge in [0.05, 0.1) is 17.5 Å². The normalized spacial score (nSPS) is 25.5. The van der Waals surface area contributed by atoms with Gasteiger partial charge in [-0.2, -0.15) is 0 Å². The number of amides is 1. The Morgan fingerprint density at radius 2 is 2.00 bits per heavy atom. The molecule has 2 aromatic rings. The molecule has 0 bridgehead atoms. The van der Waals surface area contributed by atoms with Crippen molar-refractivity contribution < 1.29 is 17.6 Å². The van der Waals surface area contributed by atoms with Crippen LogP contribution in [0.4, 0.5) is 0 Å². The summed E-state index contributed by atoms with van der Waals surface area (Å²) in [6.45, 7) is 0. The smallest absolute Gasteiger partial charge is 0.224 e. The van der Waals surface area contributed by atoms with Gasteiger partial charge in [-0.1, -0.05) is 23.4 Å². The summed E-state index contributed by atoms with van der Waals surface area (Å²) in [5, 5.41) is 3.66. The molecule has 0 radical (unpaired) electrons. The van der Waals surface area contributed by atoms with Crippen LogP contribution in [0.5, 0.6) is 0 Å². The predicted octanol–water partition coefficient (Wildman–Crippen LogP) is 3.06. The van der Waals surface area contributed by atoms with E-state index in [2.05, 4.69) is 22.1 Å². The van der Waals surface area contributed by atoms with Gasteiger partial charge in [-0.3, -0.25) is 4.79 Å². The number of hydrogen-bond donors (Lipinski definition) is 1. The molecule has 2 aliphatic carbocycles. The van der Waals surface area contributed by atoms with Gasteiger partial charge in [-0.05, 0) is 50.3 Å². The molecule has 2 fully saturated rings. The van der Waals surface area contributed by atoms with Gasteiger partial charge in [0, 0.05) is 22.3 Å². The first kappa shape index (κ1) is 19.0. The van der Waals surface area contributed by atoms with E-state index in [4.69, 9.17) is 16.0 Å². The van der Waals surface area contributed by atoms with Gasteiger partial charge in [-0.25, -0.2) is 13.4 Å². The summed E-state index contributed by atoms with van der Waals surface area (Å²) in [6.07, 6.45) is 3.32. The molecule has 8 heteroatoms. The molecule has 1 saturated carbocycles. The lowest BCUT2D eigenvalue weighted by atomic mass is 9.61. The van der Waals surface area contributed by atoms with Crippen molar-refractivity contribution >= 4 is 38.4 Å².